The summed E-state index contributed by atoms with van der Waals surface area (Å²) < 4.78 is 36.8. The van der Waals surface area contributed by atoms with Crippen LogP contribution in [-0.2, 0) is 6.18 Å². The molecule has 2 atom stereocenters. The van der Waals surface area contributed by atoms with Crippen LogP contribution in [0.3, 0.4) is 0 Å². The van der Waals surface area contributed by atoms with E-state index in [1.807, 2.05) is 0 Å². The standard InChI is InChI=1S/C11H13F3N2/c1-6(2)8-3-9(8)10-15-4-7(5-16-10)11(12,13)14/h4-6,8-9H,3H2,1-2H3/t8-,9+/m1/s1. The molecule has 0 saturated heterocycles. The van der Waals surface area contributed by atoms with Crippen molar-refractivity contribution in [2.45, 2.75) is 32.4 Å². The van der Waals surface area contributed by atoms with Crippen molar-refractivity contribution >= 4 is 0 Å². The van der Waals surface area contributed by atoms with Gasteiger partial charge in [0, 0.05) is 18.3 Å². The molecule has 1 aromatic heterocycles. The molecule has 0 N–H and O–H groups in total. The molecule has 0 unspecified atom stereocenters. The Morgan fingerprint density at radius 1 is 1.25 bits per heavy atom. The van der Waals surface area contributed by atoms with E-state index >= 15 is 0 Å². The predicted molar refractivity (Wildman–Crippen MR) is 52.7 cm³/mol. The number of aromatic nitrogens is 2. The quantitative estimate of drug-likeness (QED) is 0.779. The highest BCUT2D eigenvalue weighted by atomic mass is 19.4. The Hall–Kier alpha value is -1.13. The first-order chi connectivity index (χ1) is 7.39. The largest absolute Gasteiger partial charge is 0.419 e. The lowest BCUT2D eigenvalue weighted by molar-refractivity contribution is -0.138. The summed E-state index contributed by atoms with van der Waals surface area (Å²) >= 11 is 0. The van der Waals surface area contributed by atoms with E-state index in [1.165, 1.54) is 0 Å². The third-order valence-corrected chi connectivity index (χ3v) is 3.03. The van der Waals surface area contributed by atoms with Gasteiger partial charge < -0.3 is 0 Å². The molecule has 1 aliphatic carbocycles. The summed E-state index contributed by atoms with van der Waals surface area (Å²) in [5, 5.41) is 0. The maximum atomic E-state index is 12.3. The van der Waals surface area contributed by atoms with E-state index in [9.17, 15) is 13.2 Å². The van der Waals surface area contributed by atoms with Gasteiger partial charge >= 0.3 is 6.18 Å². The molecule has 16 heavy (non-hydrogen) atoms. The average Bonchev–Trinajstić information content (AvgIpc) is 2.96. The molecule has 0 amide bonds. The zero-order valence-electron chi connectivity index (χ0n) is 9.12. The molecule has 1 heterocycles. The molecule has 0 aliphatic heterocycles. The molecule has 1 fully saturated rings. The summed E-state index contributed by atoms with van der Waals surface area (Å²) in [5.74, 6) is 1.86. The summed E-state index contributed by atoms with van der Waals surface area (Å²) in [6.07, 6.45) is -1.61. The fraction of sp³-hybridized carbons (Fsp3) is 0.636. The first-order valence-corrected chi connectivity index (χ1v) is 5.28. The van der Waals surface area contributed by atoms with Gasteiger partial charge in [-0.05, 0) is 18.3 Å². The third kappa shape index (κ3) is 2.18. The van der Waals surface area contributed by atoms with Crippen LogP contribution in [0, 0.1) is 11.8 Å². The van der Waals surface area contributed by atoms with Crippen molar-refractivity contribution in [2.75, 3.05) is 0 Å². The fourth-order valence-corrected chi connectivity index (χ4v) is 1.92. The van der Waals surface area contributed by atoms with Gasteiger partial charge in [0.15, 0.2) is 0 Å². The highest BCUT2D eigenvalue weighted by molar-refractivity contribution is 5.15. The van der Waals surface area contributed by atoms with Crippen LogP contribution in [0.2, 0.25) is 0 Å². The van der Waals surface area contributed by atoms with Gasteiger partial charge in [0.2, 0.25) is 0 Å². The summed E-state index contributed by atoms with van der Waals surface area (Å²) in [6, 6.07) is 0. The molecule has 5 heteroatoms. The Morgan fingerprint density at radius 2 is 1.81 bits per heavy atom. The maximum Gasteiger partial charge on any atom is 0.419 e. The Labute approximate surface area is 91.9 Å². The lowest BCUT2D eigenvalue weighted by Crippen LogP contribution is -2.07. The molecule has 1 saturated carbocycles. The molecular weight excluding hydrogens is 217 g/mol. The summed E-state index contributed by atoms with van der Waals surface area (Å²) in [4.78, 5) is 7.62. The fourth-order valence-electron chi connectivity index (χ4n) is 1.92. The Bertz CT molecular complexity index is 370. The highest BCUT2D eigenvalue weighted by Crippen LogP contribution is 2.50. The molecule has 0 spiro atoms. The van der Waals surface area contributed by atoms with Crippen LogP contribution in [0.5, 0.6) is 0 Å². The summed E-state index contributed by atoms with van der Waals surface area (Å²) in [6.45, 7) is 4.21. The van der Waals surface area contributed by atoms with Gasteiger partial charge in [0.05, 0.1) is 5.56 Å². The summed E-state index contributed by atoms with van der Waals surface area (Å²) in [7, 11) is 0. The number of hydrogen-bond donors (Lipinski definition) is 0. The van der Waals surface area contributed by atoms with Crippen LogP contribution in [0.15, 0.2) is 12.4 Å². The van der Waals surface area contributed by atoms with Crippen molar-refractivity contribution in [3.05, 3.63) is 23.8 Å². The molecule has 1 aliphatic rings. The lowest BCUT2D eigenvalue weighted by Gasteiger charge is -2.06. The van der Waals surface area contributed by atoms with Crippen molar-refractivity contribution in [3.8, 4) is 0 Å². The van der Waals surface area contributed by atoms with Crippen LogP contribution in [0.1, 0.15) is 37.6 Å². The van der Waals surface area contributed by atoms with Crippen LogP contribution in [0.25, 0.3) is 0 Å². The number of halogens is 3. The smallest absolute Gasteiger partial charge is 0.240 e. The average molecular weight is 230 g/mol. The zero-order chi connectivity index (χ0) is 11.9. The third-order valence-electron chi connectivity index (χ3n) is 3.03. The van der Waals surface area contributed by atoms with Crippen molar-refractivity contribution in [1.29, 1.82) is 0 Å². The Morgan fingerprint density at radius 3 is 2.19 bits per heavy atom. The van der Waals surface area contributed by atoms with Crippen LogP contribution >= 0.6 is 0 Å². The predicted octanol–water partition coefficient (Wildman–Crippen LogP) is 3.25. The van der Waals surface area contributed by atoms with E-state index in [2.05, 4.69) is 23.8 Å². The van der Waals surface area contributed by atoms with Crippen molar-refractivity contribution in [3.63, 3.8) is 0 Å². The molecule has 0 radical (unpaired) electrons. The van der Waals surface area contributed by atoms with Gasteiger partial charge in [-0.3, -0.25) is 0 Å². The second-order valence-corrected chi connectivity index (χ2v) is 4.58. The second kappa shape index (κ2) is 3.71. The van der Waals surface area contributed by atoms with Crippen LogP contribution in [-0.4, -0.2) is 9.97 Å². The molecule has 0 aromatic carbocycles. The van der Waals surface area contributed by atoms with Crippen molar-refractivity contribution < 1.29 is 13.2 Å². The lowest BCUT2D eigenvalue weighted by atomic mass is 10.1. The monoisotopic (exact) mass is 230 g/mol. The van der Waals surface area contributed by atoms with Gasteiger partial charge in [-0.25, -0.2) is 9.97 Å². The first-order valence-electron chi connectivity index (χ1n) is 5.28. The van der Waals surface area contributed by atoms with Crippen molar-refractivity contribution in [2.24, 2.45) is 11.8 Å². The zero-order valence-corrected chi connectivity index (χ0v) is 9.12. The highest BCUT2D eigenvalue weighted by Gasteiger charge is 2.42. The minimum absolute atomic E-state index is 0.252. The van der Waals surface area contributed by atoms with E-state index in [0.29, 0.717) is 17.7 Å². The van der Waals surface area contributed by atoms with Crippen molar-refractivity contribution in [1.82, 2.24) is 9.97 Å². The number of alkyl halides is 3. The summed E-state index contributed by atoms with van der Waals surface area (Å²) in [5.41, 5.74) is -0.780. The van der Waals surface area contributed by atoms with Gasteiger partial charge in [-0.2, -0.15) is 13.2 Å². The minimum atomic E-state index is -4.35. The van der Waals surface area contributed by atoms with E-state index in [4.69, 9.17) is 0 Å². The second-order valence-electron chi connectivity index (χ2n) is 4.58. The molecular formula is C11H13F3N2. The molecule has 0 bridgehead atoms. The molecule has 2 rings (SSSR count). The minimum Gasteiger partial charge on any atom is -0.240 e. The van der Waals surface area contributed by atoms with Gasteiger partial charge in [-0.15, -0.1) is 0 Å². The SMILES string of the molecule is CC(C)[C@H]1C[C@@H]1c1ncc(C(F)(F)F)cn1. The van der Waals surface area contributed by atoms with Gasteiger partial charge in [0.1, 0.15) is 5.82 Å². The number of nitrogens with zero attached hydrogens (tertiary/aromatic N) is 2. The molecule has 1 aromatic rings. The van der Waals surface area contributed by atoms with E-state index in [0.717, 1.165) is 18.8 Å². The topological polar surface area (TPSA) is 25.8 Å². The van der Waals surface area contributed by atoms with E-state index in [-0.39, 0.29) is 5.92 Å². The Balaban J connectivity index is 2.10. The maximum absolute atomic E-state index is 12.3. The number of rotatable bonds is 2. The Kier molecular flexibility index (Phi) is 2.64. The first kappa shape index (κ1) is 11.4. The molecule has 2 nitrogen and oxygen atoms in total. The van der Waals surface area contributed by atoms with E-state index in [1.54, 1.807) is 0 Å². The number of hydrogen-bond acceptors (Lipinski definition) is 2. The normalized spacial score (nSPS) is 24.9. The van der Waals surface area contributed by atoms with Gasteiger partial charge in [-0.1, -0.05) is 13.8 Å². The van der Waals surface area contributed by atoms with Crippen LogP contribution in [0.4, 0.5) is 13.2 Å². The molecule has 88 valence electrons. The van der Waals surface area contributed by atoms with Gasteiger partial charge in [0.25, 0.3) is 0 Å². The van der Waals surface area contributed by atoms with E-state index < -0.39 is 11.7 Å². The van der Waals surface area contributed by atoms with Crippen LogP contribution < -0.4 is 0 Å².